The van der Waals surface area contributed by atoms with Gasteiger partial charge in [-0.05, 0) is 89.1 Å². The van der Waals surface area contributed by atoms with Crippen LogP contribution in [-0.2, 0) is 12.8 Å². The third kappa shape index (κ3) is 4.55. The van der Waals surface area contributed by atoms with Crippen molar-refractivity contribution < 1.29 is 4.79 Å². The van der Waals surface area contributed by atoms with Gasteiger partial charge >= 0.3 is 0 Å². The molecule has 0 saturated carbocycles. The summed E-state index contributed by atoms with van der Waals surface area (Å²) in [4.78, 5) is 15.4. The lowest BCUT2D eigenvalue weighted by molar-refractivity contribution is 0.0946. The van der Waals surface area contributed by atoms with Crippen molar-refractivity contribution in [3.05, 3.63) is 46.8 Å². The summed E-state index contributed by atoms with van der Waals surface area (Å²) >= 11 is 0. The SMILES string of the molecule is Cc1ccccc1-n1nc(C(=O)NCCCCN2CCC(C)CC2)c2c1CCC2. The van der Waals surface area contributed by atoms with Crippen molar-refractivity contribution in [2.75, 3.05) is 26.2 Å². The van der Waals surface area contributed by atoms with Crippen LogP contribution in [0.25, 0.3) is 5.69 Å². The Hall–Kier alpha value is -2.14. The number of hydrogen-bond acceptors (Lipinski definition) is 3. The Morgan fingerprint density at radius 3 is 2.76 bits per heavy atom. The highest BCUT2D eigenvalue weighted by Gasteiger charge is 2.27. The average molecular weight is 395 g/mol. The molecule has 29 heavy (non-hydrogen) atoms. The van der Waals surface area contributed by atoms with Gasteiger partial charge < -0.3 is 10.2 Å². The van der Waals surface area contributed by atoms with E-state index in [-0.39, 0.29) is 5.91 Å². The van der Waals surface area contributed by atoms with E-state index < -0.39 is 0 Å². The van der Waals surface area contributed by atoms with Crippen LogP contribution in [0.15, 0.2) is 24.3 Å². The second kappa shape index (κ2) is 9.12. The van der Waals surface area contributed by atoms with Gasteiger partial charge in [-0.25, -0.2) is 4.68 Å². The Morgan fingerprint density at radius 2 is 1.97 bits per heavy atom. The molecule has 1 aliphatic heterocycles. The van der Waals surface area contributed by atoms with E-state index in [4.69, 9.17) is 5.10 Å². The highest BCUT2D eigenvalue weighted by atomic mass is 16.1. The number of nitrogens with zero attached hydrogens (tertiary/aromatic N) is 3. The van der Waals surface area contributed by atoms with Crippen molar-refractivity contribution >= 4 is 5.91 Å². The Labute approximate surface area is 174 Å². The van der Waals surface area contributed by atoms with Gasteiger partial charge in [0, 0.05) is 17.8 Å². The summed E-state index contributed by atoms with van der Waals surface area (Å²) in [5, 5.41) is 7.86. The maximum atomic E-state index is 12.8. The number of para-hydroxylation sites is 1. The lowest BCUT2D eigenvalue weighted by Gasteiger charge is -2.30. The highest BCUT2D eigenvalue weighted by Crippen LogP contribution is 2.28. The molecule has 2 heterocycles. The molecule has 1 saturated heterocycles. The fraction of sp³-hybridized carbons (Fsp3) is 0.583. The maximum absolute atomic E-state index is 12.8. The number of aromatic nitrogens is 2. The first kappa shape index (κ1) is 20.1. The summed E-state index contributed by atoms with van der Waals surface area (Å²) in [5.74, 6) is 0.869. The van der Waals surface area contributed by atoms with Gasteiger partial charge in [0.05, 0.1) is 5.69 Å². The molecule has 4 rings (SSSR count). The van der Waals surface area contributed by atoms with E-state index in [0.717, 1.165) is 62.4 Å². The van der Waals surface area contributed by atoms with Crippen molar-refractivity contribution in [3.63, 3.8) is 0 Å². The smallest absolute Gasteiger partial charge is 0.272 e. The lowest BCUT2D eigenvalue weighted by Crippen LogP contribution is -2.34. The molecule has 1 aromatic carbocycles. The molecule has 1 N–H and O–H groups in total. The average Bonchev–Trinajstić information content (AvgIpc) is 3.32. The molecular formula is C24H34N4O. The number of fused-ring (bicyclic) bond motifs is 1. The first-order valence-corrected chi connectivity index (χ1v) is 11.3. The van der Waals surface area contributed by atoms with Crippen LogP contribution < -0.4 is 5.32 Å². The largest absolute Gasteiger partial charge is 0.351 e. The minimum atomic E-state index is -0.0118. The molecule has 1 fully saturated rings. The summed E-state index contributed by atoms with van der Waals surface area (Å²) in [5.41, 5.74) is 5.26. The van der Waals surface area contributed by atoms with Crippen molar-refractivity contribution in [3.8, 4) is 5.69 Å². The molecule has 0 unspecified atom stereocenters. The fourth-order valence-corrected chi connectivity index (χ4v) is 4.65. The number of unbranched alkanes of at least 4 members (excludes halogenated alkanes) is 1. The predicted molar refractivity (Wildman–Crippen MR) is 117 cm³/mol. The van der Waals surface area contributed by atoms with Gasteiger partial charge in [0.2, 0.25) is 0 Å². The quantitative estimate of drug-likeness (QED) is 0.725. The highest BCUT2D eigenvalue weighted by molar-refractivity contribution is 5.94. The van der Waals surface area contributed by atoms with E-state index >= 15 is 0 Å². The third-order valence-corrected chi connectivity index (χ3v) is 6.55. The second-order valence-electron chi connectivity index (χ2n) is 8.81. The normalized spacial score (nSPS) is 17.4. The molecular weight excluding hydrogens is 360 g/mol. The van der Waals surface area contributed by atoms with Gasteiger partial charge in [0.25, 0.3) is 5.91 Å². The standard InChI is InChI=1S/C24H34N4O/c1-18-12-16-27(17-13-18)15-6-5-14-25-24(29)23-20-9-7-11-22(20)28(26-23)21-10-4-3-8-19(21)2/h3-4,8,10,18H,5-7,9,11-17H2,1-2H3,(H,25,29). The van der Waals surface area contributed by atoms with Crippen LogP contribution in [0.4, 0.5) is 0 Å². The van der Waals surface area contributed by atoms with Crippen molar-refractivity contribution in [2.45, 2.75) is 58.8 Å². The molecule has 0 radical (unpaired) electrons. The molecule has 0 atom stereocenters. The van der Waals surface area contributed by atoms with Crippen LogP contribution in [0.5, 0.6) is 0 Å². The summed E-state index contributed by atoms with van der Waals surface area (Å²) in [7, 11) is 0. The van der Waals surface area contributed by atoms with Crippen LogP contribution in [0.1, 0.15) is 66.3 Å². The van der Waals surface area contributed by atoms with Crippen LogP contribution in [-0.4, -0.2) is 46.8 Å². The molecule has 156 valence electrons. The lowest BCUT2D eigenvalue weighted by atomic mass is 9.99. The topological polar surface area (TPSA) is 50.2 Å². The monoisotopic (exact) mass is 394 g/mol. The molecule has 5 nitrogen and oxygen atoms in total. The molecule has 2 aliphatic rings. The number of piperidine rings is 1. The minimum absolute atomic E-state index is 0.0118. The third-order valence-electron chi connectivity index (χ3n) is 6.55. The fourth-order valence-electron chi connectivity index (χ4n) is 4.65. The van der Waals surface area contributed by atoms with Crippen molar-refractivity contribution in [2.24, 2.45) is 5.92 Å². The maximum Gasteiger partial charge on any atom is 0.272 e. The zero-order valence-electron chi connectivity index (χ0n) is 17.9. The van der Waals surface area contributed by atoms with Crippen LogP contribution in [0, 0.1) is 12.8 Å². The molecule has 5 heteroatoms. The first-order chi connectivity index (χ1) is 14.1. The Balaban J connectivity index is 1.32. The van der Waals surface area contributed by atoms with E-state index in [1.54, 1.807) is 0 Å². The zero-order chi connectivity index (χ0) is 20.2. The van der Waals surface area contributed by atoms with Crippen molar-refractivity contribution in [1.82, 2.24) is 20.0 Å². The Bertz CT molecular complexity index is 849. The molecule has 1 aliphatic carbocycles. The minimum Gasteiger partial charge on any atom is -0.351 e. The number of rotatable bonds is 7. The van der Waals surface area contributed by atoms with Gasteiger partial charge in [0.1, 0.15) is 0 Å². The van der Waals surface area contributed by atoms with E-state index in [2.05, 4.69) is 36.2 Å². The summed E-state index contributed by atoms with van der Waals surface area (Å²) < 4.78 is 2.00. The van der Waals surface area contributed by atoms with Crippen LogP contribution in [0.2, 0.25) is 0 Å². The van der Waals surface area contributed by atoms with Crippen LogP contribution >= 0.6 is 0 Å². The molecule has 0 spiro atoms. The van der Waals surface area contributed by atoms with E-state index in [0.29, 0.717) is 5.69 Å². The molecule has 1 aromatic heterocycles. The number of nitrogens with one attached hydrogen (secondary N) is 1. The summed E-state index contributed by atoms with van der Waals surface area (Å²) in [6, 6.07) is 8.26. The predicted octanol–water partition coefficient (Wildman–Crippen LogP) is 3.91. The van der Waals surface area contributed by atoms with Gasteiger partial charge in [-0.2, -0.15) is 5.10 Å². The molecule has 2 aromatic rings. The van der Waals surface area contributed by atoms with E-state index in [1.165, 1.54) is 37.2 Å². The van der Waals surface area contributed by atoms with Gasteiger partial charge in [-0.15, -0.1) is 0 Å². The first-order valence-electron chi connectivity index (χ1n) is 11.3. The Morgan fingerprint density at radius 1 is 1.17 bits per heavy atom. The summed E-state index contributed by atoms with van der Waals surface area (Å²) in [6.07, 6.45) is 7.88. The molecule has 0 bridgehead atoms. The number of benzene rings is 1. The zero-order valence-corrected chi connectivity index (χ0v) is 17.9. The van der Waals surface area contributed by atoms with Gasteiger partial charge in [-0.3, -0.25) is 4.79 Å². The molecule has 1 amide bonds. The number of carbonyl (C=O) groups is 1. The van der Waals surface area contributed by atoms with Gasteiger partial charge in [0.15, 0.2) is 5.69 Å². The number of likely N-dealkylation sites (tertiary alicyclic amines) is 1. The number of carbonyl (C=O) groups excluding carboxylic acids is 1. The van der Waals surface area contributed by atoms with Crippen LogP contribution in [0.3, 0.4) is 0 Å². The van der Waals surface area contributed by atoms with Crippen molar-refractivity contribution in [1.29, 1.82) is 0 Å². The number of hydrogen-bond donors (Lipinski definition) is 1. The van der Waals surface area contributed by atoms with E-state index in [1.807, 2.05) is 16.8 Å². The van der Waals surface area contributed by atoms with Gasteiger partial charge in [-0.1, -0.05) is 25.1 Å². The second-order valence-corrected chi connectivity index (χ2v) is 8.81. The van der Waals surface area contributed by atoms with E-state index in [9.17, 15) is 4.79 Å². The number of amides is 1. The Kier molecular flexibility index (Phi) is 6.34. The summed E-state index contributed by atoms with van der Waals surface area (Å²) in [6.45, 7) is 8.80. The number of aryl methyl sites for hydroxylation is 1.